The molecule has 0 saturated carbocycles. The lowest BCUT2D eigenvalue weighted by atomic mass is 9.84. The molecule has 0 radical (unpaired) electrons. The van der Waals surface area contributed by atoms with Crippen molar-refractivity contribution in [2.45, 2.75) is 29.3 Å². The van der Waals surface area contributed by atoms with Crippen molar-refractivity contribution in [2.75, 3.05) is 12.9 Å². The first-order valence-corrected chi connectivity index (χ1v) is 13.0. The quantitative estimate of drug-likeness (QED) is 0.348. The van der Waals surface area contributed by atoms with Crippen LogP contribution in [0.1, 0.15) is 22.9 Å². The largest absolute Gasteiger partial charge is 0.387 e. The third-order valence-corrected chi connectivity index (χ3v) is 8.35. The molecule has 1 aliphatic rings. The van der Waals surface area contributed by atoms with Crippen LogP contribution in [0.15, 0.2) is 113 Å². The van der Waals surface area contributed by atoms with Crippen LogP contribution < -0.4 is 11.2 Å². The second kappa shape index (κ2) is 10.9. The van der Waals surface area contributed by atoms with Gasteiger partial charge in [0.05, 0.1) is 10.9 Å². The number of aliphatic hydroxyl groups is 1. The molecule has 4 aromatic rings. The van der Waals surface area contributed by atoms with Crippen LogP contribution in [0.25, 0.3) is 0 Å². The van der Waals surface area contributed by atoms with Crippen LogP contribution in [0.3, 0.4) is 0 Å². The summed E-state index contributed by atoms with van der Waals surface area (Å²) >= 11 is 1.66. The van der Waals surface area contributed by atoms with Crippen LogP contribution in [0.4, 0.5) is 0 Å². The van der Waals surface area contributed by atoms with E-state index in [9.17, 15) is 14.7 Å². The van der Waals surface area contributed by atoms with Gasteiger partial charge in [0.2, 0.25) is 0 Å². The predicted molar refractivity (Wildman–Crippen MR) is 144 cm³/mol. The zero-order valence-electron chi connectivity index (χ0n) is 20.3. The Morgan fingerprint density at radius 1 is 0.892 bits per heavy atom. The Bertz CT molecular complexity index is 1330. The van der Waals surface area contributed by atoms with Crippen LogP contribution in [0.5, 0.6) is 0 Å². The molecule has 1 fully saturated rings. The van der Waals surface area contributed by atoms with Gasteiger partial charge in [-0.15, -0.1) is 11.8 Å². The molecule has 2 heterocycles. The van der Waals surface area contributed by atoms with E-state index in [1.165, 1.54) is 23.9 Å². The second-order valence-electron chi connectivity index (χ2n) is 8.86. The van der Waals surface area contributed by atoms with Crippen molar-refractivity contribution in [3.05, 3.63) is 141 Å². The zero-order chi connectivity index (χ0) is 25.8. The van der Waals surface area contributed by atoms with Crippen molar-refractivity contribution in [3.8, 4) is 0 Å². The molecule has 0 spiro atoms. The van der Waals surface area contributed by atoms with Crippen molar-refractivity contribution >= 4 is 11.8 Å². The molecule has 0 aliphatic carbocycles. The van der Waals surface area contributed by atoms with Gasteiger partial charge < -0.3 is 14.6 Å². The summed E-state index contributed by atoms with van der Waals surface area (Å²) in [5.74, 6) is 0.411. The van der Waals surface area contributed by atoms with Gasteiger partial charge in [-0.05, 0) is 16.7 Å². The summed E-state index contributed by atoms with van der Waals surface area (Å²) in [4.78, 5) is 26.3. The fraction of sp³-hybridized carbons (Fsp3) is 0.241. The molecule has 0 unspecified atom stereocenters. The van der Waals surface area contributed by atoms with E-state index in [2.05, 4.69) is 41.4 Å². The van der Waals surface area contributed by atoms with Crippen LogP contribution in [0, 0.1) is 0 Å². The lowest BCUT2D eigenvalue weighted by molar-refractivity contribution is -0.0511. The number of thioether (sulfide) groups is 1. The van der Waals surface area contributed by atoms with E-state index in [-0.39, 0.29) is 0 Å². The van der Waals surface area contributed by atoms with Crippen LogP contribution in [0.2, 0.25) is 0 Å². The Balaban J connectivity index is 1.53. The van der Waals surface area contributed by atoms with Crippen molar-refractivity contribution in [3.63, 3.8) is 0 Å². The molecule has 3 aromatic carbocycles. The van der Waals surface area contributed by atoms with Gasteiger partial charge in [-0.3, -0.25) is 14.3 Å². The van der Waals surface area contributed by atoms with Crippen molar-refractivity contribution < 1.29 is 14.6 Å². The number of nitrogens with zero attached hydrogens (tertiary/aromatic N) is 1. The Kier molecular flexibility index (Phi) is 7.43. The minimum atomic E-state index is -0.985. The number of aromatic amines is 1. The summed E-state index contributed by atoms with van der Waals surface area (Å²) in [5, 5.41) is 11.2. The molecule has 1 aromatic heterocycles. The van der Waals surface area contributed by atoms with Crippen LogP contribution in [-0.4, -0.2) is 45.8 Å². The summed E-state index contributed by atoms with van der Waals surface area (Å²) in [6.45, 7) is 0. The maximum atomic E-state index is 12.5. The first kappa shape index (κ1) is 25.2. The van der Waals surface area contributed by atoms with E-state index in [1.54, 1.807) is 11.8 Å². The topological polar surface area (TPSA) is 93.5 Å². The van der Waals surface area contributed by atoms with E-state index in [0.29, 0.717) is 5.75 Å². The standard InChI is InChI=1S/C29H28N2O5S/c1-35-26-25(33)23(36-27(26)31-18-17-24(32)30-28(31)34)19-37-29(20-11-5-2-6-12-20,21-13-7-3-8-14-21)22-15-9-4-10-16-22/h2-18,23,25-27,33H,19H2,1H3,(H,30,32,34)/t23-,25-,26-,27-/m1/s1. The summed E-state index contributed by atoms with van der Waals surface area (Å²) in [6, 6.07) is 32.0. The highest BCUT2D eigenvalue weighted by Crippen LogP contribution is 2.49. The van der Waals surface area contributed by atoms with Gasteiger partial charge in [-0.1, -0.05) is 91.0 Å². The molecular weight excluding hydrogens is 488 g/mol. The number of H-pyrrole nitrogens is 1. The van der Waals surface area contributed by atoms with E-state index >= 15 is 0 Å². The number of hydrogen-bond acceptors (Lipinski definition) is 6. The van der Waals surface area contributed by atoms with E-state index in [4.69, 9.17) is 9.47 Å². The number of aromatic nitrogens is 2. The number of hydrogen-bond donors (Lipinski definition) is 2. The summed E-state index contributed by atoms with van der Waals surface area (Å²) in [5.41, 5.74) is 2.18. The van der Waals surface area contributed by atoms with Crippen molar-refractivity contribution in [2.24, 2.45) is 0 Å². The number of benzene rings is 3. The van der Waals surface area contributed by atoms with Crippen molar-refractivity contribution in [1.82, 2.24) is 9.55 Å². The highest BCUT2D eigenvalue weighted by Gasteiger charge is 2.47. The average Bonchev–Trinajstić information content (AvgIpc) is 3.25. The Morgan fingerprint density at radius 2 is 1.41 bits per heavy atom. The predicted octanol–water partition coefficient (Wildman–Crippen LogP) is 3.54. The zero-order valence-corrected chi connectivity index (χ0v) is 21.1. The smallest absolute Gasteiger partial charge is 0.330 e. The SMILES string of the molecule is CO[C@@H]1[C@H](O)[C@@H](CSC(c2ccccc2)(c2ccccc2)c2ccccc2)O[C@H]1n1ccc(=O)[nH]c1=O. The highest BCUT2D eigenvalue weighted by molar-refractivity contribution is 8.00. The Hall–Kier alpha value is -3.43. The van der Waals surface area contributed by atoms with Gasteiger partial charge in [0.25, 0.3) is 5.56 Å². The van der Waals surface area contributed by atoms with Crippen molar-refractivity contribution in [1.29, 1.82) is 0 Å². The molecule has 8 heteroatoms. The first-order chi connectivity index (χ1) is 18.0. The number of rotatable bonds is 8. The molecule has 5 rings (SSSR count). The maximum absolute atomic E-state index is 12.5. The molecule has 0 bridgehead atoms. The molecule has 190 valence electrons. The normalized spacial score (nSPS) is 21.7. The van der Waals surface area contributed by atoms with E-state index in [1.807, 2.05) is 54.6 Å². The summed E-state index contributed by atoms with van der Waals surface area (Å²) in [6.07, 6.45) is -1.92. The van der Waals surface area contributed by atoms with Gasteiger partial charge in [0.15, 0.2) is 6.23 Å². The third kappa shape index (κ3) is 4.81. The first-order valence-electron chi connectivity index (χ1n) is 12.0. The molecule has 37 heavy (non-hydrogen) atoms. The van der Waals surface area contributed by atoms with Gasteiger partial charge in [0, 0.05) is 25.1 Å². The third-order valence-electron chi connectivity index (χ3n) is 6.72. The molecule has 7 nitrogen and oxygen atoms in total. The van der Waals surface area contributed by atoms with Gasteiger partial charge in [0.1, 0.15) is 12.2 Å². The number of nitrogens with one attached hydrogen (secondary N) is 1. The molecule has 0 amide bonds. The molecule has 1 aliphatic heterocycles. The van der Waals surface area contributed by atoms with Crippen LogP contribution >= 0.6 is 11.8 Å². The molecule has 4 atom stereocenters. The van der Waals surface area contributed by atoms with Crippen LogP contribution in [-0.2, 0) is 14.2 Å². The maximum Gasteiger partial charge on any atom is 0.330 e. The number of ether oxygens (including phenoxy) is 2. The fourth-order valence-electron chi connectivity index (χ4n) is 4.94. The molecule has 2 N–H and O–H groups in total. The van der Waals surface area contributed by atoms with E-state index < -0.39 is 40.5 Å². The van der Waals surface area contributed by atoms with E-state index in [0.717, 1.165) is 16.7 Å². The van der Waals surface area contributed by atoms with Gasteiger partial charge in [-0.25, -0.2) is 4.79 Å². The molecule has 1 saturated heterocycles. The fourth-order valence-corrected chi connectivity index (χ4v) is 6.54. The lowest BCUT2D eigenvalue weighted by Gasteiger charge is -2.36. The minimum absolute atomic E-state index is 0.411. The molecular formula is C29H28N2O5S. The number of aliphatic hydroxyl groups excluding tert-OH is 1. The monoisotopic (exact) mass is 516 g/mol. The highest BCUT2D eigenvalue weighted by atomic mass is 32.2. The average molecular weight is 517 g/mol. The summed E-state index contributed by atoms with van der Waals surface area (Å²) < 4.78 is 12.5. The Morgan fingerprint density at radius 3 is 1.86 bits per heavy atom. The van der Waals surface area contributed by atoms with Gasteiger partial charge in [-0.2, -0.15) is 0 Å². The second-order valence-corrected chi connectivity index (χ2v) is 10.1. The lowest BCUT2D eigenvalue weighted by Crippen LogP contribution is -2.38. The minimum Gasteiger partial charge on any atom is -0.387 e. The Labute approximate surface area is 218 Å². The van der Waals surface area contributed by atoms with Gasteiger partial charge >= 0.3 is 5.69 Å². The number of methoxy groups -OCH3 is 1. The summed E-state index contributed by atoms with van der Waals surface area (Å²) in [7, 11) is 1.47.